The zero-order valence-corrected chi connectivity index (χ0v) is 16.9. The molecule has 0 aliphatic heterocycles. The van der Waals surface area contributed by atoms with Crippen LogP contribution >= 0.6 is 15.8 Å². The molecule has 4 nitrogen and oxygen atoms in total. The number of rotatable bonds is 5. The van der Waals surface area contributed by atoms with Crippen LogP contribution in [0.5, 0.6) is 0 Å². The van der Waals surface area contributed by atoms with E-state index in [1.807, 2.05) is 0 Å². The predicted octanol–water partition coefficient (Wildman–Crippen LogP) is 5.79. The first-order chi connectivity index (χ1) is 9.49. The van der Waals surface area contributed by atoms with Gasteiger partial charge in [0.15, 0.2) is 0 Å². The van der Waals surface area contributed by atoms with Crippen molar-refractivity contribution in [3.05, 3.63) is 0 Å². The van der Waals surface area contributed by atoms with Gasteiger partial charge in [0, 0.05) is 42.3 Å². The van der Waals surface area contributed by atoms with Crippen molar-refractivity contribution in [2.24, 2.45) is 5.41 Å². The van der Waals surface area contributed by atoms with E-state index in [-0.39, 0.29) is 5.41 Å². The van der Waals surface area contributed by atoms with Crippen LogP contribution < -0.4 is 0 Å². The summed E-state index contributed by atoms with van der Waals surface area (Å²) in [5, 5.41) is 0. The fourth-order valence-corrected chi connectivity index (χ4v) is 5.10. The fraction of sp³-hybridized carbons (Fsp3) is 1.00. The first kappa shape index (κ1) is 25.5. The van der Waals surface area contributed by atoms with E-state index in [0.717, 1.165) is 6.61 Å². The summed E-state index contributed by atoms with van der Waals surface area (Å²) in [4.78, 5) is 0. The van der Waals surface area contributed by atoms with Crippen LogP contribution in [0, 0.1) is 5.41 Å². The number of nitrogens with zero attached hydrogens (tertiary/aromatic N) is 3. The second kappa shape index (κ2) is 6.89. The molecule has 0 aromatic carbocycles. The van der Waals surface area contributed by atoms with Gasteiger partial charge in [-0.1, -0.05) is 20.8 Å². The molecular formula is C11H29F6N3OP2. The molecule has 0 heterocycles. The quantitative estimate of drug-likeness (QED) is 0.433. The van der Waals surface area contributed by atoms with Crippen LogP contribution in [0.15, 0.2) is 0 Å². The minimum absolute atomic E-state index is 0.188. The van der Waals surface area contributed by atoms with E-state index in [0.29, 0.717) is 0 Å². The molecule has 0 radical (unpaired) electrons. The Hall–Kier alpha value is 0.280. The van der Waals surface area contributed by atoms with Crippen molar-refractivity contribution in [1.29, 1.82) is 0 Å². The van der Waals surface area contributed by atoms with Crippen LogP contribution in [0.4, 0.5) is 25.2 Å². The molecule has 23 heavy (non-hydrogen) atoms. The van der Waals surface area contributed by atoms with Gasteiger partial charge in [0.1, 0.15) is 6.61 Å². The Morgan fingerprint density at radius 1 is 0.739 bits per heavy atom. The Bertz CT molecular complexity index is 345. The van der Waals surface area contributed by atoms with Crippen molar-refractivity contribution < 1.29 is 29.7 Å². The van der Waals surface area contributed by atoms with Crippen LogP contribution in [0.3, 0.4) is 0 Å². The molecule has 0 amide bonds. The molecule has 0 unspecified atom stereocenters. The van der Waals surface area contributed by atoms with E-state index in [4.69, 9.17) is 4.52 Å². The second-order valence-corrected chi connectivity index (χ2v) is 12.4. The van der Waals surface area contributed by atoms with Gasteiger partial charge < -0.3 is 0 Å². The molecule has 0 aliphatic rings. The molecule has 146 valence electrons. The normalized spacial score (nSPS) is 17.0. The standard InChI is InChI=1S/C11H29N3OP.F6P/c1-11(2,3)10-15-16(12(4)5,13(6)7)14(8)9;1-7(2,3,4,5)6/h10H2,1-9H3;/q+1;-1. The maximum atomic E-state index is 9.87. The van der Waals surface area contributed by atoms with Gasteiger partial charge in [-0.25, -0.2) is 0 Å². The van der Waals surface area contributed by atoms with E-state index < -0.39 is 15.8 Å². The average Bonchev–Trinajstić information content (AvgIpc) is 2.08. The van der Waals surface area contributed by atoms with Crippen LogP contribution in [-0.2, 0) is 4.52 Å². The number of hydrogen-bond acceptors (Lipinski definition) is 4. The molecule has 0 aromatic heterocycles. The van der Waals surface area contributed by atoms with E-state index in [9.17, 15) is 25.2 Å². The Balaban J connectivity index is 0. The summed E-state index contributed by atoms with van der Waals surface area (Å²) in [5.74, 6) is 0. The van der Waals surface area contributed by atoms with Crippen LogP contribution in [0.2, 0.25) is 0 Å². The molecule has 0 bridgehead atoms. The third-order valence-corrected chi connectivity index (χ3v) is 5.84. The van der Waals surface area contributed by atoms with E-state index in [2.05, 4.69) is 77.1 Å². The maximum absolute atomic E-state index is 10.7. The van der Waals surface area contributed by atoms with Gasteiger partial charge in [-0.15, -0.1) is 14.0 Å². The molecule has 0 spiro atoms. The summed E-state index contributed by atoms with van der Waals surface area (Å²) in [7, 11) is 0.0129. The van der Waals surface area contributed by atoms with Gasteiger partial charge in [0.2, 0.25) is 0 Å². The summed E-state index contributed by atoms with van der Waals surface area (Å²) in [6.45, 7) is 7.35. The molecule has 0 aliphatic carbocycles. The summed E-state index contributed by atoms with van der Waals surface area (Å²) in [6.07, 6.45) is 0. The van der Waals surface area contributed by atoms with Gasteiger partial charge in [-0.05, 0) is 5.41 Å². The van der Waals surface area contributed by atoms with Gasteiger partial charge in [0.25, 0.3) is 0 Å². The van der Waals surface area contributed by atoms with Crippen LogP contribution in [0.25, 0.3) is 0 Å². The Morgan fingerprint density at radius 2 is 0.957 bits per heavy atom. The molecule has 0 saturated heterocycles. The van der Waals surface area contributed by atoms with Crippen LogP contribution in [-0.4, -0.2) is 62.9 Å². The minimum atomic E-state index is -10.7. The molecule has 0 saturated carbocycles. The molecule has 0 atom stereocenters. The predicted molar refractivity (Wildman–Crippen MR) is 87.0 cm³/mol. The summed E-state index contributed by atoms with van der Waals surface area (Å²) in [6, 6.07) is 0. The summed E-state index contributed by atoms with van der Waals surface area (Å²) >= 11 is 0. The van der Waals surface area contributed by atoms with Crippen molar-refractivity contribution >= 4 is 15.8 Å². The van der Waals surface area contributed by atoms with Crippen molar-refractivity contribution in [3.8, 4) is 0 Å². The third-order valence-electron chi connectivity index (χ3n) is 2.23. The van der Waals surface area contributed by atoms with E-state index in [1.54, 1.807) is 0 Å². The SMILES string of the molecule is CN(C)[P+](OCC(C)(C)C)(N(C)C)N(C)C.F[P-](F)(F)(F)(F)F. The monoisotopic (exact) mass is 395 g/mol. The second-order valence-electron chi connectivity index (χ2n) is 6.85. The molecule has 0 fully saturated rings. The Morgan fingerprint density at radius 3 is 1.09 bits per heavy atom. The summed E-state index contributed by atoms with van der Waals surface area (Å²) < 4.78 is 72.0. The molecular weight excluding hydrogens is 366 g/mol. The molecule has 0 N–H and O–H groups in total. The summed E-state index contributed by atoms with van der Waals surface area (Å²) in [5.41, 5.74) is 0.188. The van der Waals surface area contributed by atoms with Crippen LogP contribution in [0.1, 0.15) is 20.8 Å². The Kier molecular flexibility index (Phi) is 7.64. The first-order valence-electron chi connectivity index (χ1n) is 6.62. The van der Waals surface area contributed by atoms with Crippen molar-refractivity contribution in [2.45, 2.75) is 20.8 Å². The van der Waals surface area contributed by atoms with E-state index >= 15 is 0 Å². The third kappa shape index (κ3) is 14.3. The zero-order valence-electron chi connectivity index (χ0n) is 15.1. The van der Waals surface area contributed by atoms with Crippen molar-refractivity contribution in [2.75, 3.05) is 48.9 Å². The first-order valence-corrected chi connectivity index (χ1v) is 10.2. The zero-order chi connectivity index (χ0) is 19.6. The topological polar surface area (TPSA) is 19.0 Å². The van der Waals surface area contributed by atoms with Crippen molar-refractivity contribution in [3.63, 3.8) is 0 Å². The van der Waals surface area contributed by atoms with Gasteiger partial charge in [0.05, 0.1) is 0 Å². The van der Waals surface area contributed by atoms with Gasteiger partial charge >= 0.3 is 40.9 Å². The Labute approximate surface area is 135 Å². The van der Waals surface area contributed by atoms with Gasteiger partial charge in [-0.3, -0.25) is 0 Å². The van der Waals surface area contributed by atoms with E-state index in [1.165, 1.54) is 0 Å². The molecule has 12 heteroatoms. The van der Waals surface area contributed by atoms with Gasteiger partial charge in [-0.2, -0.15) is 4.52 Å². The van der Waals surface area contributed by atoms with Crippen molar-refractivity contribution in [1.82, 2.24) is 14.0 Å². The fourth-order valence-electron chi connectivity index (χ4n) is 1.70. The number of hydrogen-bond donors (Lipinski definition) is 0. The molecule has 0 rings (SSSR count). The average molecular weight is 395 g/mol. The number of halogens is 6. The molecule has 0 aromatic rings.